The summed E-state index contributed by atoms with van der Waals surface area (Å²) in [5, 5.41) is 5.75. The lowest BCUT2D eigenvalue weighted by Crippen LogP contribution is -2.52. The number of aromatic nitrogens is 1. The molecule has 182 valence electrons. The number of rotatable bonds is 8. The van der Waals surface area contributed by atoms with E-state index in [-0.39, 0.29) is 30.8 Å². The second-order valence-electron chi connectivity index (χ2n) is 8.91. The fraction of sp³-hybridized carbons (Fsp3) is 0.440. The van der Waals surface area contributed by atoms with E-state index in [1.165, 1.54) is 0 Å². The fourth-order valence-electron chi connectivity index (χ4n) is 3.91. The molecule has 1 aliphatic heterocycles. The van der Waals surface area contributed by atoms with Gasteiger partial charge in [-0.25, -0.2) is 4.98 Å². The van der Waals surface area contributed by atoms with Gasteiger partial charge in [0.2, 0.25) is 17.7 Å². The van der Waals surface area contributed by atoms with E-state index in [0.717, 1.165) is 22.4 Å². The number of amides is 3. The first-order valence-corrected chi connectivity index (χ1v) is 11.5. The van der Waals surface area contributed by atoms with Gasteiger partial charge in [-0.2, -0.15) is 0 Å². The molecule has 1 saturated heterocycles. The van der Waals surface area contributed by atoms with Crippen molar-refractivity contribution < 1.29 is 14.4 Å². The second-order valence-corrected chi connectivity index (χ2v) is 8.91. The quantitative estimate of drug-likeness (QED) is 0.614. The highest BCUT2D eigenvalue weighted by molar-refractivity contribution is 5.94. The lowest BCUT2D eigenvalue weighted by molar-refractivity contribution is -0.134. The summed E-state index contributed by atoms with van der Waals surface area (Å²) < 4.78 is 0. The molecule has 0 saturated carbocycles. The summed E-state index contributed by atoms with van der Waals surface area (Å²) in [7, 11) is 1.74. The SMILES string of the molecule is Cc1ccc(NC(=O)CN(C)CC(=O)N2CCN(CC(=O)Nc3c(C)cccc3C)CC2)nc1. The molecule has 9 nitrogen and oxygen atoms in total. The summed E-state index contributed by atoms with van der Waals surface area (Å²) in [6.07, 6.45) is 1.69. The van der Waals surface area contributed by atoms with Crippen molar-refractivity contribution in [3.8, 4) is 0 Å². The van der Waals surface area contributed by atoms with Crippen LogP contribution in [-0.4, -0.2) is 90.3 Å². The van der Waals surface area contributed by atoms with Gasteiger partial charge in [0.1, 0.15) is 5.82 Å². The standard InChI is InChI=1S/C25H34N6O3/c1-18-8-9-21(26-14-18)27-22(32)15-29(4)17-24(34)31-12-10-30(11-13-31)16-23(33)28-25-19(2)6-5-7-20(25)3/h5-9,14H,10-13,15-17H2,1-4H3,(H,28,33)(H,26,27,32). The van der Waals surface area contributed by atoms with Crippen molar-refractivity contribution in [3.05, 3.63) is 53.2 Å². The first-order valence-electron chi connectivity index (χ1n) is 11.5. The van der Waals surface area contributed by atoms with Gasteiger partial charge in [-0.1, -0.05) is 24.3 Å². The molecule has 2 aromatic rings. The lowest BCUT2D eigenvalue weighted by Gasteiger charge is -2.35. The number of pyridine rings is 1. The van der Waals surface area contributed by atoms with Crippen LogP contribution in [0.15, 0.2) is 36.5 Å². The molecule has 1 aromatic carbocycles. The molecule has 0 unspecified atom stereocenters. The minimum absolute atomic E-state index is 0.0246. The molecule has 0 spiro atoms. The summed E-state index contributed by atoms with van der Waals surface area (Å²) in [6.45, 7) is 8.82. The number of anilines is 2. The van der Waals surface area contributed by atoms with E-state index in [2.05, 4.69) is 20.5 Å². The zero-order chi connectivity index (χ0) is 24.7. The Bertz CT molecular complexity index is 996. The van der Waals surface area contributed by atoms with Gasteiger partial charge in [0.05, 0.1) is 19.6 Å². The number of piperazine rings is 1. The van der Waals surface area contributed by atoms with Crippen LogP contribution < -0.4 is 10.6 Å². The van der Waals surface area contributed by atoms with Crippen molar-refractivity contribution in [2.45, 2.75) is 20.8 Å². The second kappa shape index (κ2) is 11.7. The van der Waals surface area contributed by atoms with Gasteiger partial charge < -0.3 is 15.5 Å². The third-order valence-electron chi connectivity index (χ3n) is 5.84. The average molecular weight is 467 g/mol. The highest BCUT2D eigenvalue weighted by atomic mass is 16.2. The molecular weight excluding hydrogens is 432 g/mol. The summed E-state index contributed by atoms with van der Waals surface area (Å²) in [5.41, 5.74) is 3.96. The molecular formula is C25H34N6O3. The largest absolute Gasteiger partial charge is 0.339 e. The average Bonchev–Trinajstić information content (AvgIpc) is 2.78. The van der Waals surface area contributed by atoms with Crippen LogP contribution in [0, 0.1) is 20.8 Å². The minimum atomic E-state index is -0.216. The molecule has 0 atom stereocenters. The molecule has 1 aromatic heterocycles. The highest BCUT2D eigenvalue weighted by Crippen LogP contribution is 2.19. The smallest absolute Gasteiger partial charge is 0.239 e. The van der Waals surface area contributed by atoms with E-state index in [0.29, 0.717) is 38.5 Å². The Hall–Kier alpha value is -3.30. The van der Waals surface area contributed by atoms with Gasteiger partial charge in [-0.05, 0) is 50.6 Å². The van der Waals surface area contributed by atoms with Gasteiger partial charge in [-0.3, -0.25) is 24.2 Å². The maximum atomic E-state index is 12.7. The molecule has 1 fully saturated rings. The van der Waals surface area contributed by atoms with Gasteiger partial charge in [-0.15, -0.1) is 0 Å². The number of hydrogen-bond acceptors (Lipinski definition) is 6. The number of nitrogens with one attached hydrogen (secondary N) is 2. The van der Waals surface area contributed by atoms with E-state index in [9.17, 15) is 14.4 Å². The summed E-state index contributed by atoms with van der Waals surface area (Å²) in [5.74, 6) is 0.203. The molecule has 0 aliphatic carbocycles. The van der Waals surface area contributed by atoms with Crippen LogP contribution in [0.2, 0.25) is 0 Å². The predicted molar refractivity (Wildman–Crippen MR) is 133 cm³/mol. The topological polar surface area (TPSA) is 97.9 Å². The summed E-state index contributed by atoms with van der Waals surface area (Å²) in [4.78, 5) is 47.1. The Morgan fingerprint density at radius 3 is 2.21 bits per heavy atom. The zero-order valence-corrected chi connectivity index (χ0v) is 20.4. The number of likely N-dealkylation sites (N-methyl/N-ethyl adjacent to an activating group) is 1. The molecule has 0 bridgehead atoms. The predicted octanol–water partition coefficient (Wildman–Crippen LogP) is 1.66. The number of hydrogen-bond donors (Lipinski definition) is 2. The van der Waals surface area contributed by atoms with Crippen molar-refractivity contribution in [1.29, 1.82) is 0 Å². The number of aryl methyl sites for hydroxylation is 3. The number of nitrogens with zero attached hydrogens (tertiary/aromatic N) is 4. The highest BCUT2D eigenvalue weighted by Gasteiger charge is 2.24. The Labute approximate surface area is 201 Å². The van der Waals surface area contributed by atoms with Gasteiger partial charge >= 0.3 is 0 Å². The Morgan fingerprint density at radius 1 is 0.912 bits per heavy atom. The van der Waals surface area contributed by atoms with Crippen molar-refractivity contribution in [2.75, 3.05) is 63.5 Å². The van der Waals surface area contributed by atoms with Gasteiger partial charge in [0.25, 0.3) is 0 Å². The molecule has 2 N–H and O–H groups in total. The molecule has 0 radical (unpaired) electrons. The Kier molecular flexibility index (Phi) is 8.72. The van der Waals surface area contributed by atoms with Crippen LogP contribution in [0.5, 0.6) is 0 Å². The van der Waals surface area contributed by atoms with E-state index in [1.54, 1.807) is 29.1 Å². The molecule has 3 amide bonds. The molecule has 2 heterocycles. The van der Waals surface area contributed by atoms with E-state index in [1.807, 2.05) is 45.0 Å². The zero-order valence-electron chi connectivity index (χ0n) is 20.4. The number of benzene rings is 1. The van der Waals surface area contributed by atoms with Crippen LogP contribution in [0.4, 0.5) is 11.5 Å². The van der Waals surface area contributed by atoms with Crippen LogP contribution in [-0.2, 0) is 14.4 Å². The van der Waals surface area contributed by atoms with Crippen LogP contribution in [0.3, 0.4) is 0 Å². The molecule has 9 heteroatoms. The number of carbonyl (C=O) groups excluding carboxylic acids is 3. The summed E-state index contributed by atoms with van der Waals surface area (Å²) >= 11 is 0. The lowest BCUT2D eigenvalue weighted by atomic mass is 10.1. The molecule has 1 aliphatic rings. The van der Waals surface area contributed by atoms with E-state index < -0.39 is 0 Å². The van der Waals surface area contributed by atoms with Crippen LogP contribution >= 0.6 is 0 Å². The maximum absolute atomic E-state index is 12.7. The fourth-order valence-corrected chi connectivity index (χ4v) is 3.91. The van der Waals surface area contributed by atoms with Crippen molar-refractivity contribution in [3.63, 3.8) is 0 Å². The first kappa shape index (κ1) is 25.3. The van der Waals surface area contributed by atoms with Crippen LogP contribution in [0.25, 0.3) is 0 Å². The van der Waals surface area contributed by atoms with Crippen LogP contribution in [0.1, 0.15) is 16.7 Å². The monoisotopic (exact) mass is 466 g/mol. The third-order valence-corrected chi connectivity index (χ3v) is 5.84. The first-order chi connectivity index (χ1) is 16.2. The number of para-hydroxylation sites is 1. The van der Waals surface area contributed by atoms with Crippen molar-refractivity contribution in [1.82, 2.24) is 19.7 Å². The normalized spacial score (nSPS) is 14.2. The number of carbonyl (C=O) groups is 3. The van der Waals surface area contributed by atoms with E-state index >= 15 is 0 Å². The Morgan fingerprint density at radius 2 is 1.59 bits per heavy atom. The van der Waals surface area contributed by atoms with Crippen molar-refractivity contribution >= 4 is 29.2 Å². The Balaban J connectivity index is 1.38. The van der Waals surface area contributed by atoms with Gasteiger partial charge in [0, 0.05) is 38.1 Å². The molecule has 34 heavy (non-hydrogen) atoms. The minimum Gasteiger partial charge on any atom is -0.339 e. The third kappa shape index (κ3) is 7.36. The maximum Gasteiger partial charge on any atom is 0.239 e. The van der Waals surface area contributed by atoms with Crippen molar-refractivity contribution in [2.24, 2.45) is 0 Å². The summed E-state index contributed by atoms with van der Waals surface area (Å²) in [6, 6.07) is 9.56. The van der Waals surface area contributed by atoms with E-state index in [4.69, 9.17) is 0 Å². The van der Waals surface area contributed by atoms with Gasteiger partial charge in [0.15, 0.2) is 0 Å². The molecule has 3 rings (SSSR count).